The minimum absolute atomic E-state index is 0.101. The van der Waals surface area contributed by atoms with Gasteiger partial charge in [-0.05, 0) is 12.8 Å². The summed E-state index contributed by atoms with van der Waals surface area (Å²) in [6.07, 6.45) is 2.10. The van der Waals surface area contributed by atoms with Crippen LogP contribution >= 0.6 is 0 Å². The van der Waals surface area contributed by atoms with Gasteiger partial charge in [0, 0.05) is 17.8 Å². The Kier molecular flexibility index (Phi) is 4.87. The fraction of sp³-hybridized carbons (Fsp3) is 1.00. The highest BCUT2D eigenvalue weighted by atomic mass is 32.2. The third kappa shape index (κ3) is 10.1. The van der Waals surface area contributed by atoms with E-state index < -0.39 is 20.9 Å². The Morgan fingerprint density at radius 2 is 1.91 bits per heavy atom. The second-order valence-electron chi connectivity index (χ2n) is 2.36. The van der Waals surface area contributed by atoms with Crippen LogP contribution in [-0.4, -0.2) is 34.9 Å². The predicted molar refractivity (Wildman–Crippen MR) is 44.6 cm³/mol. The number of sulfone groups is 1. The van der Waals surface area contributed by atoms with Crippen molar-refractivity contribution in [3.63, 3.8) is 0 Å². The SMILES string of the molecule is CS(=O)(=O)CCCCS(=O)O. The molecule has 0 amide bonds. The lowest BCUT2D eigenvalue weighted by molar-refractivity contribution is 0.560. The molecule has 0 rings (SSSR count). The van der Waals surface area contributed by atoms with E-state index in [2.05, 4.69) is 0 Å². The van der Waals surface area contributed by atoms with Gasteiger partial charge in [0.25, 0.3) is 0 Å². The van der Waals surface area contributed by atoms with Crippen molar-refractivity contribution in [2.24, 2.45) is 0 Å². The van der Waals surface area contributed by atoms with Crippen LogP contribution in [-0.2, 0) is 20.9 Å². The maximum atomic E-state index is 10.5. The average Bonchev–Trinajstić information content (AvgIpc) is 1.78. The molecule has 0 aliphatic carbocycles. The second kappa shape index (κ2) is 4.84. The summed E-state index contributed by atoms with van der Waals surface area (Å²) in [4.78, 5) is 0. The van der Waals surface area contributed by atoms with Crippen molar-refractivity contribution >= 4 is 20.9 Å². The first-order valence-electron chi connectivity index (χ1n) is 3.17. The summed E-state index contributed by atoms with van der Waals surface area (Å²) in [5.74, 6) is 0.264. The summed E-state index contributed by atoms with van der Waals surface area (Å²) >= 11 is -1.79. The smallest absolute Gasteiger partial charge is 0.152 e. The highest BCUT2D eigenvalue weighted by molar-refractivity contribution is 7.90. The molecule has 0 fully saturated rings. The molecule has 0 radical (unpaired) electrons. The molecule has 0 aliphatic rings. The lowest BCUT2D eigenvalue weighted by atomic mass is 10.4. The standard InChI is InChI=1S/C5H12O4S2/c1-11(8,9)5-3-2-4-10(6)7/h2-5H2,1H3,(H,6,7). The topological polar surface area (TPSA) is 71.4 Å². The summed E-state index contributed by atoms with van der Waals surface area (Å²) in [5, 5.41) is 0. The molecule has 0 saturated heterocycles. The van der Waals surface area contributed by atoms with Crippen LogP contribution in [0.15, 0.2) is 0 Å². The van der Waals surface area contributed by atoms with E-state index in [0.29, 0.717) is 12.8 Å². The lowest BCUT2D eigenvalue weighted by Gasteiger charge is -1.95. The van der Waals surface area contributed by atoms with Gasteiger partial charge in [-0.3, -0.25) is 0 Å². The zero-order valence-corrected chi connectivity index (χ0v) is 7.95. The Morgan fingerprint density at radius 1 is 1.36 bits per heavy atom. The fourth-order valence-electron chi connectivity index (χ4n) is 0.590. The molecule has 4 nitrogen and oxygen atoms in total. The molecular weight excluding hydrogens is 188 g/mol. The Hall–Kier alpha value is 0.0600. The van der Waals surface area contributed by atoms with E-state index in [0.717, 1.165) is 6.26 Å². The maximum absolute atomic E-state index is 10.5. The third-order valence-electron chi connectivity index (χ3n) is 1.08. The summed E-state index contributed by atoms with van der Waals surface area (Å²) in [5.41, 5.74) is 0. The van der Waals surface area contributed by atoms with Crippen LogP contribution in [0.1, 0.15) is 12.8 Å². The molecule has 0 aliphatic heterocycles. The number of hydrogen-bond acceptors (Lipinski definition) is 3. The number of rotatable bonds is 5. The fourth-order valence-corrected chi connectivity index (χ4v) is 1.77. The molecule has 68 valence electrons. The van der Waals surface area contributed by atoms with Crippen molar-refractivity contribution in [3.8, 4) is 0 Å². The first-order chi connectivity index (χ1) is 4.92. The monoisotopic (exact) mass is 200 g/mol. The van der Waals surface area contributed by atoms with Crippen LogP contribution in [0, 0.1) is 0 Å². The van der Waals surface area contributed by atoms with E-state index in [-0.39, 0.29) is 11.5 Å². The first-order valence-corrected chi connectivity index (χ1v) is 6.50. The Bertz CT molecular complexity index is 219. The quantitative estimate of drug-likeness (QED) is 0.502. The number of unbranched alkanes of at least 4 members (excludes halogenated alkanes) is 1. The van der Waals surface area contributed by atoms with Crippen molar-refractivity contribution in [3.05, 3.63) is 0 Å². The van der Waals surface area contributed by atoms with E-state index >= 15 is 0 Å². The van der Waals surface area contributed by atoms with Gasteiger partial charge in [-0.25, -0.2) is 12.6 Å². The molecule has 11 heavy (non-hydrogen) atoms. The van der Waals surface area contributed by atoms with E-state index in [1.54, 1.807) is 0 Å². The van der Waals surface area contributed by atoms with E-state index in [4.69, 9.17) is 4.55 Å². The van der Waals surface area contributed by atoms with Crippen LogP contribution in [0.2, 0.25) is 0 Å². The first kappa shape index (κ1) is 11.1. The molecule has 0 spiro atoms. The zero-order valence-electron chi connectivity index (χ0n) is 6.32. The van der Waals surface area contributed by atoms with Crippen molar-refractivity contribution in [2.75, 3.05) is 17.8 Å². The Labute approximate surface area is 69.2 Å². The van der Waals surface area contributed by atoms with Gasteiger partial charge < -0.3 is 4.55 Å². The highest BCUT2D eigenvalue weighted by Crippen LogP contribution is 1.94. The molecule has 0 saturated carbocycles. The van der Waals surface area contributed by atoms with Crippen molar-refractivity contribution in [2.45, 2.75) is 12.8 Å². The van der Waals surface area contributed by atoms with Gasteiger partial charge in [-0.2, -0.15) is 0 Å². The molecule has 0 aromatic heterocycles. The van der Waals surface area contributed by atoms with Crippen molar-refractivity contribution in [1.82, 2.24) is 0 Å². The van der Waals surface area contributed by atoms with Gasteiger partial charge in [-0.15, -0.1) is 0 Å². The maximum Gasteiger partial charge on any atom is 0.152 e. The largest absolute Gasteiger partial charge is 0.306 e. The molecule has 1 N–H and O–H groups in total. The minimum Gasteiger partial charge on any atom is -0.306 e. The highest BCUT2D eigenvalue weighted by Gasteiger charge is 2.01. The number of hydrogen-bond donors (Lipinski definition) is 1. The van der Waals surface area contributed by atoms with Gasteiger partial charge in [-0.1, -0.05) is 0 Å². The van der Waals surface area contributed by atoms with Crippen molar-refractivity contribution < 1.29 is 17.2 Å². The predicted octanol–water partition coefficient (Wildman–Crippen LogP) is 0.0329. The van der Waals surface area contributed by atoms with Gasteiger partial charge in [0.05, 0.1) is 0 Å². The molecular formula is C5H12O4S2. The lowest BCUT2D eigenvalue weighted by Crippen LogP contribution is -2.04. The molecule has 0 aromatic carbocycles. The van der Waals surface area contributed by atoms with Gasteiger partial charge in [0.2, 0.25) is 0 Å². The summed E-state index contributed by atoms with van der Waals surface area (Å²) in [6, 6.07) is 0. The van der Waals surface area contributed by atoms with Crippen LogP contribution in [0.4, 0.5) is 0 Å². The Morgan fingerprint density at radius 3 is 2.27 bits per heavy atom. The van der Waals surface area contributed by atoms with Crippen LogP contribution in [0.25, 0.3) is 0 Å². The average molecular weight is 200 g/mol. The molecule has 0 heterocycles. The Balaban J connectivity index is 3.37. The molecule has 1 atom stereocenters. The van der Waals surface area contributed by atoms with E-state index in [1.807, 2.05) is 0 Å². The normalized spacial score (nSPS) is 14.7. The van der Waals surface area contributed by atoms with Gasteiger partial charge in [0.1, 0.15) is 9.84 Å². The van der Waals surface area contributed by atoms with Gasteiger partial charge in [0.15, 0.2) is 11.1 Å². The zero-order chi connectivity index (χ0) is 8.91. The van der Waals surface area contributed by atoms with E-state index in [1.165, 1.54) is 0 Å². The minimum atomic E-state index is -2.90. The summed E-state index contributed by atoms with van der Waals surface area (Å²) in [7, 11) is -2.90. The van der Waals surface area contributed by atoms with Gasteiger partial charge >= 0.3 is 0 Å². The van der Waals surface area contributed by atoms with Crippen LogP contribution < -0.4 is 0 Å². The van der Waals surface area contributed by atoms with Crippen LogP contribution in [0.3, 0.4) is 0 Å². The van der Waals surface area contributed by atoms with Crippen LogP contribution in [0.5, 0.6) is 0 Å². The molecule has 1 unspecified atom stereocenters. The van der Waals surface area contributed by atoms with Crippen molar-refractivity contribution in [1.29, 1.82) is 0 Å². The third-order valence-corrected chi connectivity index (χ3v) is 2.75. The second-order valence-corrected chi connectivity index (χ2v) is 5.67. The summed E-state index contributed by atoms with van der Waals surface area (Å²) in [6.45, 7) is 0. The molecule has 0 aromatic rings. The molecule has 6 heteroatoms. The van der Waals surface area contributed by atoms with E-state index in [9.17, 15) is 12.6 Å². The molecule has 0 bridgehead atoms. The summed E-state index contributed by atoms with van der Waals surface area (Å²) < 4.78 is 39.5.